The average molecular weight is 787 g/mol. The van der Waals surface area contributed by atoms with E-state index in [9.17, 15) is 24.0 Å². The molecule has 7 heterocycles. The molecule has 3 saturated heterocycles. The van der Waals surface area contributed by atoms with Crippen LogP contribution in [0, 0.1) is 5.92 Å². The van der Waals surface area contributed by atoms with E-state index < -0.39 is 29.7 Å². The lowest BCUT2D eigenvalue weighted by atomic mass is 10.0. The first kappa shape index (κ1) is 36.2. The van der Waals surface area contributed by atoms with Crippen molar-refractivity contribution in [2.24, 2.45) is 5.92 Å². The zero-order valence-electron chi connectivity index (χ0n) is 31.7. The summed E-state index contributed by atoms with van der Waals surface area (Å²) in [5.74, 6) is -1.24. The number of piperidine rings is 2. The Bertz CT molecular complexity index is 2480. The fraction of sp³-hybridized carbons (Fsp3) is 0.415. The third kappa shape index (κ3) is 6.83. The van der Waals surface area contributed by atoms with Crippen LogP contribution in [0.4, 0.5) is 11.4 Å². The summed E-state index contributed by atoms with van der Waals surface area (Å²) in [7, 11) is 0. The van der Waals surface area contributed by atoms with E-state index in [0.29, 0.717) is 54.9 Å². The van der Waals surface area contributed by atoms with Gasteiger partial charge >= 0.3 is 0 Å². The number of hydrogen-bond acceptors (Lipinski definition) is 12. The van der Waals surface area contributed by atoms with Crippen molar-refractivity contribution in [3.63, 3.8) is 0 Å². The molecule has 5 amide bonds. The number of anilines is 2. The number of aromatic nitrogens is 5. The second-order valence-corrected chi connectivity index (χ2v) is 15.8. The van der Waals surface area contributed by atoms with Gasteiger partial charge in [0.2, 0.25) is 11.8 Å². The summed E-state index contributed by atoms with van der Waals surface area (Å²) < 4.78 is 16.1. The number of carbonyl (C=O) groups is 5. The quantitative estimate of drug-likeness (QED) is 0.198. The van der Waals surface area contributed by atoms with Gasteiger partial charge in [0.15, 0.2) is 5.65 Å². The van der Waals surface area contributed by atoms with Crippen LogP contribution in [0.5, 0.6) is 5.75 Å². The van der Waals surface area contributed by atoms with E-state index in [0.717, 1.165) is 66.8 Å². The number of imide groups is 2. The maximum absolute atomic E-state index is 13.4. The number of nitrogens with zero attached hydrogens (tertiary/aromatic N) is 8. The first-order valence-corrected chi connectivity index (χ1v) is 20.0. The van der Waals surface area contributed by atoms with Crippen LogP contribution in [0.3, 0.4) is 0 Å². The first-order chi connectivity index (χ1) is 28.3. The predicted octanol–water partition coefficient (Wildman–Crippen LogP) is 3.06. The molecule has 2 aromatic carbocycles. The Hall–Kier alpha value is -6.20. The Labute approximate surface area is 332 Å². The van der Waals surface area contributed by atoms with E-state index in [1.165, 1.54) is 6.20 Å². The van der Waals surface area contributed by atoms with Gasteiger partial charge in [-0.1, -0.05) is 0 Å². The van der Waals surface area contributed by atoms with Gasteiger partial charge in [-0.05, 0) is 68.4 Å². The highest BCUT2D eigenvalue weighted by Crippen LogP contribution is 2.36. The van der Waals surface area contributed by atoms with Crippen LogP contribution >= 0.6 is 0 Å². The number of hydrogen-bond donors (Lipinski definition) is 2. The van der Waals surface area contributed by atoms with Crippen molar-refractivity contribution in [2.45, 2.75) is 56.7 Å². The highest BCUT2D eigenvalue weighted by molar-refractivity contribution is 6.23. The van der Waals surface area contributed by atoms with Gasteiger partial charge in [0.1, 0.15) is 17.4 Å². The zero-order chi connectivity index (χ0) is 39.5. The molecule has 5 aliphatic rings. The van der Waals surface area contributed by atoms with Gasteiger partial charge in [-0.2, -0.15) is 10.2 Å². The van der Waals surface area contributed by atoms with Crippen molar-refractivity contribution < 1.29 is 33.4 Å². The van der Waals surface area contributed by atoms with Crippen LogP contribution in [0.1, 0.15) is 75.6 Å². The number of ether oxygens (including phenoxy) is 2. The molecule has 10 rings (SSSR count). The van der Waals surface area contributed by atoms with Gasteiger partial charge in [0.25, 0.3) is 17.7 Å². The number of carbonyl (C=O) groups excluding carboxylic acids is 5. The Kier molecular flexibility index (Phi) is 9.12. The number of nitrogens with one attached hydrogen (secondary N) is 2. The molecule has 0 bridgehead atoms. The van der Waals surface area contributed by atoms with E-state index in [-0.39, 0.29) is 42.0 Å². The minimum absolute atomic E-state index is 0.0534. The maximum atomic E-state index is 13.4. The molecule has 58 heavy (non-hydrogen) atoms. The SMILES string of the molecule is O=C1CCC(N2C(=O)c3ccc(N4CCO[C@@H](CN5CCC(n6cc7cc(NC(=O)c8cnn9cccnc89)c(OCC8CC8)cc7n6)CC5)C4)cc3C2=O)C(=O)N1. The molecule has 17 heteroatoms. The summed E-state index contributed by atoms with van der Waals surface area (Å²) in [6.45, 7) is 4.88. The molecule has 4 fully saturated rings. The lowest BCUT2D eigenvalue weighted by molar-refractivity contribution is -0.136. The molecule has 17 nitrogen and oxygen atoms in total. The van der Waals surface area contributed by atoms with Crippen molar-refractivity contribution in [2.75, 3.05) is 56.2 Å². The fourth-order valence-electron chi connectivity index (χ4n) is 8.52. The van der Waals surface area contributed by atoms with Gasteiger partial charge in [-0.15, -0.1) is 0 Å². The normalized spacial score (nSPS) is 21.9. The Morgan fingerprint density at radius 3 is 2.66 bits per heavy atom. The van der Waals surface area contributed by atoms with Crippen molar-refractivity contribution in [3.05, 3.63) is 77.9 Å². The van der Waals surface area contributed by atoms with Gasteiger partial charge in [-0.3, -0.25) is 38.9 Å². The summed E-state index contributed by atoms with van der Waals surface area (Å²) in [6, 6.07) is 10.1. The summed E-state index contributed by atoms with van der Waals surface area (Å²) in [5.41, 5.74) is 3.60. The van der Waals surface area contributed by atoms with E-state index in [2.05, 4.69) is 30.5 Å². The highest BCUT2D eigenvalue weighted by atomic mass is 16.5. The molecule has 0 radical (unpaired) electrons. The second kappa shape index (κ2) is 14.6. The number of fused-ring (bicyclic) bond motifs is 3. The molecule has 3 aromatic heterocycles. The average Bonchev–Trinajstić information content (AvgIpc) is 3.72. The van der Waals surface area contributed by atoms with Crippen molar-refractivity contribution in [3.8, 4) is 5.75 Å². The zero-order valence-corrected chi connectivity index (χ0v) is 31.7. The first-order valence-electron chi connectivity index (χ1n) is 20.0. The Morgan fingerprint density at radius 1 is 0.983 bits per heavy atom. The van der Waals surface area contributed by atoms with Crippen LogP contribution in [-0.2, 0) is 14.3 Å². The third-order valence-electron chi connectivity index (χ3n) is 11.9. The summed E-state index contributed by atoms with van der Waals surface area (Å²) in [4.78, 5) is 74.2. The molecule has 1 saturated carbocycles. The van der Waals surface area contributed by atoms with Gasteiger partial charge in [0, 0.05) is 74.9 Å². The monoisotopic (exact) mass is 786 g/mol. The van der Waals surface area contributed by atoms with E-state index >= 15 is 0 Å². The molecule has 2 N–H and O–H groups in total. The van der Waals surface area contributed by atoms with Crippen molar-refractivity contribution >= 4 is 57.5 Å². The standard InChI is InChI=1S/C41H42N10O7/c52-36-7-6-34(39(54)45-36)51-40(55)29-5-4-27(17-30(29)41(51)56)48-14-15-57-28(22-48)21-47-12-8-26(9-13-47)50-20-25-16-33(35(18-32(25)46-50)58-23-24-2-3-24)44-38(53)31-19-43-49-11-1-10-42-37(31)49/h1,4-5,10-11,16-20,24,26,28,34H,2-3,6-9,12-15,21-23H2,(H,44,53)(H,45,52,54)/t28-,34?/m0/s1. The molecule has 2 atom stereocenters. The van der Waals surface area contributed by atoms with Gasteiger partial charge < -0.3 is 24.6 Å². The topological polar surface area (TPSA) is 186 Å². The summed E-state index contributed by atoms with van der Waals surface area (Å²) in [5, 5.41) is 15.4. The number of morpholine rings is 1. The lowest BCUT2D eigenvalue weighted by Gasteiger charge is -2.39. The molecule has 298 valence electrons. The molecule has 4 aliphatic heterocycles. The van der Waals surface area contributed by atoms with Crippen LogP contribution in [-0.4, -0.2) is 122 Å². The fourth-order valence-corrected chi connectivity index (χ4v) is 8.52. The smallest absolute Gasteiger partial charge is 0.262 e. The third-order valence-corrected chi connectivity index (χ3v) is 11.9. The predicted molar refractivity (Wildman–Crippen MR) is 209 cm³/mol. The minimum Gasteiger partial charge on any atom is -0.491 e. The minimum atomic E-state index is -0.998. The van der Waals surface area contributed by atoms with E-state index in [1.54, 1.807) is 35.1 Å². The Balaban J connectivity index is 0.778. The van der Waals surface area contributed by atoms with Crippen LogP contribution in [0.2, 0.25) is 0 Å². The maximum Gasteiger partial charge on any atom is 0.262 e. The molecular weight excluding hydrogens is 745 g/mol. The molecule has 1 aliphatic carbocycles. The van der Waals surface area contributed by atoms with Crippen LogP contribution in [0.25, 0.3) is 16.6 Å². The largest absolute Gasteiger partial charge is 0.491 e. The van der Waals surface area contributed by atoms with Crippen LogP contribution in [0.15, 0.2) is 61.2 Å². The second-order valence-electron chi connectivity index (χ2n) is 15.8. The summed E-state index contributed by atoms with van der Waals surface area (Å²) >= 11 is 0. The summed E-state index contributed by atoms with van der Waals surface area (Å²) in [6.07, 6.45) is 11.2. The van der Waals surface area contributed by atoms with E-state index in [4.69, 9.17) is 14.6 Å². The number of rotatable bonds is 10. The molecule has 5 aromatic rings. The van der Waals surface area contributed by atoms with Crippen molar-refractivity contribution in [1.29, 1.82) is 0 Å². The van der Waals surface area contributed by atoms with Crippen LogP contribution < -0.4 is 20.3 Å². The molecule has 1 unspecified atom stereocenters. The Morgan fingerprint density at radius 2 is 1.83 bits per heavy atom. The number of benzene rings is 2. The van der Waals surface area contributed by atoms with Gasteiger partial charge in [-0.25, -0.2) is 9.50 Å². The van der Waals surface area contributed by atoms with Crippen molar-refractivity contribution in [1.82, 2.24) is 39.5 Å². The number of likely N-dealkylation sites (tertiary alicyclic amines) is 1. The highest BCUT2D eigenvalue weighted by Gasteiger charge is 2.45. The van der Waals surface area contributed by atoms with Gasteiger partial charge in [0.05, 0.1) is 53.9 Å². The molecular formula is C41H42N10O7. The molecule has 0 spiro atoms. The lowest BCUT2D eigenvalue weighted by Crippen LogP contribution is -2.54. The van der Waals surface area contributed by atoms with E-state index in [1.807, 2.05) is 29.1 Å². The number of amides is 5.